The molecule has 63 heavy (non-hydrogen) atoms. The zero-order chi connectivity index (χ0) is 42.3. The minimum absolute atomic E-state index is 1.12. The van der Waals surface area contributed by atoms with Gasteiger partial charge in [-0.15, -0.1) is 0 Å². The Labute approximate surface area is 368 Å². The number of fused-ring (bicyclic) bond motifs is 4. The first kappa shape index (κ1) is 37.8. The lowest BCUT2D eigenvalue weighted by Crippen LogP contribution is -1.97. The highest BCUT2D eigenvalue weighted by atomic mass is 15.0. The summed E-state index contributed by atoms with van der Waals surface area (Å²) in [6.45, 7) is 6.14. The maximum Gasteiger partial charge on any atom is 0.0541 e. The molecule has 0 bridgehead atoms. The van der Waals surface area contributed by atoms with E-state index in [-0.39, 0.29) is 0 Å². The van der Waals surface area contributed by atoms with Crippen molar-refractivity contribution < 1.29 is 0 Å². The van der Waals surface area contributed by atoms with Crippen LogP contribution in [0.3, 0.4) is 0 Å². The van der Waals surface area contributed by atoms with Crippen molar-refractivity contribution >= 4 is 38.8 Å². The van der Waals surface area contributed by atoms with Gasteiger partial charge in [-0.2, -0.15) is 0 Å². The molecule has 0 atom stereocenters. The number of para-hydroxylation sites is 3. The van der Waals surface area contributed by atoms with E-state index in [1.165, 1.54) is 88.3 Å². The Balaban J connectivity index is 1.04. The number of rotatable bonds is 9. The molecule has 298 valence electrons. The summed E-state index contributed by atoms with van der Waals surface area (Å²) in [5.74, 6) is 0. The zero-order valence-corrected chi connectivity index (χ0v) is 35.1. The normalized spacial score (nSPS) is 11.6. The molecule has 9 aromatic carbocycles. The molecule has 11 aromatic rings. The van der Waals surface area contributed by atoms with E-state index in [1.807, 2.05) is 12.2 Å². The molecule has 2 nitrogen and oxygen atoms in total. The summed E-state index contributed by atoms with van der Waals surface area (Å²) < 4.78 is 4.73. The molecule has 0 radical (unpaired) electrons. The van der Waals surface area contributed by atoms with Crippen LogP contribution in [0.4, 0.5) is 0 Å². The summed E-state index contributed by atoms with van der Waals surface area (Å²) in [6, 6.07) is 79.6. The van der Waals surface area contributed by atoms with Crippen LogP contribution in [-0.4, -0.2) is 9.13 Å². The number of hydrogen-bond acceptors (Lipinski definition) is 0. The molecule has 0 aliphatic heterocycles. The molecule has 0 N–H and O–H groups in total. The van der Waals surface area contributed by atoms with E-state index in [0.717, 1.165) is 22.6 Å². The molecule has 0 amide bonds. The summed E-state index contributed by atoms with van der Waals surface area (Å²) in [5, 5.41) is 3.78. The van der Waals surface area contributed by atoms with Gasteiger partial charge in [0.25, 0.3) is 0 Å². The molecule has 0 spiro atoms. The van der Waals surface area contributed by atoms with Crippen molar-refractivity contribution in [2.24, 2.45) is 0 Å². The summed E-state index contributed by atoms with van der Waals surface area (Å²) >= 11 is 0. The lowest BCUT2D eigenvalue weighted by atomic mass is 9.90. The van der Waals surface area contributed by atoms with Gasteiger partial charge >= 0.3 is 0 Å². The van der Waals surface area contributed by atoms with E-state index in [9.17, 15) is 0 Å². The van der Waals surface area contributed by atoms with Gasteiger partial charge in [-0.05, 0) is 153 Å². The van der Waals surface area contributed by atoms with Gasteiger partial charge in [0.15, 0.2) is 0 Å². The van der Waals surface area contributed by atoms with Crippen LogP contribution >= 0.6 is 0 Å². The van der Waals surface area contributed by atoms with Crippen LogP contribution in [0.25, 0.3) is 106 Å². The van der Waals surface area contributed by atoms with Crippen LogP contribution in [0.5, 0.6) is 0 Å². The molecule has 2 heterocycles. The Morgan fingerprint density at radius 3 is 1.10 bits per heavy atom. The third-order valence-corrected chi connectivity index (χ3v) is 12.5. The van der Waals surface area contributed by atoms with Gasteiger partial charge in [0.1, 0.15) is 0 Å². The summed E-state index contributed by atoms with van der Waals surface area (Å²) in [7, 11) is 0. The second kappa shape index (κ2) is 16.0. The van der Waals surface area contributed by atoms with E-state index >= 15 is 0 Å². The van der Waals surface area contributed by atoms with Crippen molar-refractivity contribution in [3.8, 4) is 67.0 Å². The first-order valence-corrected chi connectivity index (χ1v) is 21.6. The molecule has 11 rings (SSSR count). The topological polar surface area (TPSA) is 9.86 Å². The smallest absolute Gasteiger partial charge is 0.0541 e. The molecule has 0 aliphatic carbocycles. The average molecular weight is 805 g/mol. The van der Waals surface area contributed by atoms with Crippen LogP contribution in [0.2, 0.25) is 0 Å². The SMILES string of the molecule is C=C/C=C\c1c(C)c2ccccc2n1-c1ccc(-c2cc(-c3ccccc3)cc(-c3cc(-c4ccccc4)cc(-c4ccc(-n5c6ccccc6c6ccccc65)cc4)c3)c2)cc1. The van der Waals surface area contributed by atoms with Crippen molar-refractivity contribution in [3.05, 3.63) is 248 Å². The molecule has 0 fully saturated rings. The lowest BCUT2D eigenvalue weighted by Gasteiger charge is -2.15. The maximum absolute atomic E-state index is 3.94. The van der Waals surface area contributed by atoms with Crippen molar-refractivity contribution in [1.82, 2.24) is 9.13 Å². The molecular formula is C61H44N2. The fourth-order valence-corrected chi connectivity index (χ4v) is 9.38. The van der Waals surface area contributed by atoms with Gasteiger partial charge in [-0.1, -0.05) is 158 Å². The number of aromatic nitrogens is 2. The van der Waals surface area contributed by atoms with E-state index in [0.29, 0.717) is 0 Å². The van der Waals surface area contributed by atoms with Gasteiger partial charge in [0.05, 0.1) is 16.6 Å². The van der Waals surface area contributed by atoms with Crippen LogP contribution in [0, 0.1) is 6.92 Å². The molecule has 0 unspecified atom stereocenters. The number of benzene rings is 9. The summed E-state index contributed by atoms with van der Waals surface area (Å²) in [5.41, 5.74) is 20.0. The Morgan fingerprint density at radius 1 is 0.333 bits per heavy atom. The summed E-state index contributed by atoms with van der Waals surface area (Å²) in [4.78, 5) is 0. The van der Waals surface area contributed by atoms with Gasteiger partial charge in [0, 0.05) is 33.2 Å². The number of hydrogen-bond donors (Lipinski definition) is 0. The van der Waals surface area contributed by atoms with Crippen LogP contribution in [0.1, 0.15) is 11.3 Å². The van der Waals surface area contributed by atoms with Gasteiger partial charge in [0.2, 0.25) is 0 Å². The number of aryl methyl sites for hydroxylation is 1. The second-order valence-electron chi connectivity index (χ2n) is 16.3. The molecule has 0 saturated carbocycles. The molecule has 0 aliphatic rings. The zero-order valence-electron chi connectivity index (χ0n) is 35.1. The summed E-state index contributed by atoms with van der Waals surface area (Å²) in [6.07, 6.45) is 6.01. The second-order valence-corrected chi connectivity index (χ2v) is 16.3. The Hall–Kier alpha value is -8.20. The highest BCUT2D eigenvalue weighted by Gasteiger charge is 2.16. The predicted octanol–water partition coefficient (Wildman–Crippen LogP) is 16.6. The third-order valence-electron chi connectivity index (χ3n) is 12.5. The minimum atomic E-state index is 1.12. The van der Waals surface area contributed by atoms with Crippen molar-refractivity contribution in [2.75, 3.05) is 0 Å². The predicted molar refractivity (Wildman–Crippen MR) is 269 cm³/mol. The van der Waals surface area contributed by atoms with Crippen LogP contribution in [0.15, 0.2) is 237 Å². The van der Waals surface area contributed by atoms with Gasteiger partial charge in [-0.3, -0.25) is 0 Å². The highest BCUT2D eigenvalue weighted by molar-refractivity contribution is 6.09. The van der Waals surface area contributed by atoms with Crippen molar-refractivity contribution in [1.29, 1.82) is 0 Å². The number of nitrogens with zero attached hydrogens (tertiary/aromatic N) is 2. The van der Waals surface area contributed by atoms with Crippen molar-refractivity contribution in [3.63, 3.8) is 0 Å². The Morgan fingerprint density at radius 2 is 0.667 bits per heavy atom. The average Bonchev–Trinajstić information content (AvgIpc) is 3.84. The molecule has 0 saturated heterocycles. The van der Waals surface area contributed by atoms with E-state index < -0.39 is 0 Å². The first-order chi connectivity index (χ1) is 31.1. The molecular weight excluding hydrogens is 761 g/mol. The lowest BCUT2D eigenvalue weighted by molar-refractivity contribution is 1.10. The van der Waals surface area contributed by atoms with Gasteiger partial charge in [-0.25, -0.2) is 0 Å². The Bertz CT molecular complexity index is 3440. The van der Waals surface area contributed by atoms with Crippen LogP contribution in [-0.2, 0) is 0 Å². The molecule has 2 aromatic heterocycles. The van der Waals surface area contributed by atoms with Crippen molar-refractivity contribution in [2.45, 2.75) is 6.92 Å². The first-order valence-electron chi connectivity index (χ1n) is 21.6. The standard InChI is InChI=1S/C61H44N2/c1-3-4-24-58-42(2)55-21-11-14-25-59(55)62(58)53-32-28-45(29-33-53)49-36-47(43-17-7-5-8-18-43)38-51(40-49)52-39-48(44-19-9-6-10-20-44)37-50(41-52)46-30-34-54(35-31-46)63-60-26-15-12-22-56(60)57-23-13-16-27-61(57)63/h3-41H,1H2,2H3/b24-4-. The van der Waals surface area contributed by atoms with Crippen LogP contribution < -0.4 is 0 Å². The fraction of sp³-hybridized carbons (Fsp3) is 0.0164. The monoisotopic (exact) mass is 804 g/mol. The van der Waals surface area contributed by atoms with Gasteiger partial charge < -0.3 is 9.13 Å². The Kier molecular flexibility index (Phi) is 9.60. The fourth-order valence-electron chi connectivity index (χ4n) is 9.38. The largest absolute Gasteiger partial charge is 0.310 e. The number of allylic oxidation sites excluding steroid dienone is 2. The van der Waals surface area contributed by atoms with E-state index in [4.69, 9.17) is 0 Å². The highest BCUT2D eigenvalue weighted by Crippen LogP contribution is 2.39. The molecule has 2 heteroatoms. The quantitative estimate of drug-likeness (QED) is 0.129. The van der Waals surface area contributed by atoms with E-state index in [1.54, 1.807) is 0 Å². The third kappa shape index (κ3) is 6.89. The van der Waals surface area contributed by atoms with E-state index in [2.05, 4.69) is 247 Å². The minimum Gasteiger partial charge on any atom is -0.310 e. The maximum atomic E-state index is 3.94.